The van der Waals surface area contributed by atoms with E-state index in [-0.39, 0.29) is 17.0 Å². The maximum atomic E-state index is 12.4. The van der Waals surface area contributed by atoms with Gasteiger partial charge in [0.25, 0.3) is 0 Å². The van der Waals surface area contributed by atoms with Crippen molar-refractivity contribution in [1.82, 2.24) is 4.72 Å². The van der Waals surface area contributed by atoms with E-state index in [4.69, 9.17) is 5.11 Å². The number of sulfonamides is 1. The fourth-order valence-corrected chi connectivity index (χ4v) is 3.75. The van der Waals surface area contributed by atoms with Gasteiger partial charge in [-0.15, -0.1) is 0 Å². The quantitative estimate of drug-likeness (QED) is 0.730. The van der Waals surface area contributed by atoms with E-state index >= 15 is 0 Å². The van der Waals surface area contributed by atoms with E-state index in [2.05, 4.69) is 4.72 Å². The number of nitrogens with one attached hydrogen (secondary N) is 1. The Kier molecular flexibility index (Phi) is 4.36. The minimum Gasteiger partial charge on any atom is -0.478 e. The predicted octanol–water partition coefficient (Wildman–Crippen LogP) is 1.14. The van der Waals surface area contributed by atoms with Crippen LogP contribution < -0.4 is 4.72 Å². The molecule has 1 aliphatic carbocycles. The van der Waals surface area contributed by atoms with Crippen molar-refractivity contribution in [3.8, 4) is 0 Å². The Morgan fingerprint density at radius 2 is 2.05 bits per heavy atom. The van der Waals surface area contributed by atoms with Crippen molar-refractivity contribution in [2.45, 2.75) is 43.1 Å². The number of hydrogen-bond acceptors (Lipinski definition) is 4. The number of carboxylic acid groups (broad SMARTS) is 1. The van der Waals surface area contributed by atoms with Crippen LogP contribution >= 0.6 is 0 Å². The summed E-state index contributed by atoms with van der Waals surface area (Å²) >= 11 is 0. The molecule has 1 saturated carbocycles. The first-order valence-electron chi connectivity index (χ1n) is 6.86. The van der Waals surface area contributed by atoms with Gasteiger partial charge < -0.3 is 10.2 Å². The summed E-state index contributed by atoms with van der Waals surface area (Å²) in [6, 6.07) is 4.06. The van der Waals surface area contributed by atoms with Crippen molar-refractivity contribution in [2.75, 3.05) is 6.54 Å². The number of aromatic carboxylic acids is 1. The second-order valence-electron chi connectivity index (χ2n) is 5.38. The van der Waals surface area contributed by atoms with Gasteiger partial charge in [0.1, 0.15) is 0 Å². The summed E-state index contributed by atoms with van der Waals surface area (Å²) in [4.78, 5) is 11.0. The van der Waals surface area contributed by atoms with Crippen LogP contribution in [0.4, 0.5) is 0 Å². The summed E-state index contributed by atoms with van der Waals surface area (Å²) in [5, 5.41) is 19.0. The molecule has 6 nitrogen and oxygen atoms in total. The average Bonchev–Trinajstić information content (AvgIpc) is 2.42. The molecule has 0 bridgehead atoms. The summed E-state index contributed by atoms with van der Waals surface area (Å²) in [6.45, 7) is 1.75. The van der Waals surface area contributed by atoms with Crippen molar-refractivity contribution < 1.29 is 23.4 Å². The maximum Gasteiger partial charge on any atom is 0.335 e. The van der Waals surface area contributed by atoms with Gasteiger partial charge in [-0.25, -0.2) is 17.9 Å². The van der Waals surface area contributed by atoms with E-state index in [1.165, 1.54) is 12.1 Å². The molecule has 1 aliphatic rings. The molecule has 1 aromatic carbocycles. The van der Waals surface area contributed by atoms with Gasteiger partial charge in [-0.2, -0.15) is 0 Å². The Balaban J connectivity index is 2.29. The van der Waals surface area contributed by atoms with Crippen LogP contribution in [0.3, 0.4) is 0 Å². The molecule has 0 unspecified atom stereocenters. The lowest BCUT2D eigenvalue weighted by atomic mass is 9.81. The first kappa shape index (κ1) is 15.9. The Bertz CT molecular complexity index is 649. The smallest absolute Gasteiger partial charge is 0.335 e. The van der Waals surface area contributed by atoms with Crippen molar-refractivity contribution in [2.24, 2.45) is 0 Å². The lowest BCUT2D eigenvalue weighted by Gasteiger charge is -2.36. The van der Waals surface area contributed by atoms with Crippen LogP contribution in [0, 0.1) is 0 Å². The molecule has 1 fully saturated rings. The summed E-state index contributed by atoms with van der Waals surface area (Å²) in [6.07, 6.45) is 2.50. The SMILES string of the molecule is CCc1ccc(C(=O)O)cc1S(=O)(=O)NCC1(O)CCC1. The monoisotopic (exact) mass is 313 g/mol. The van der Waals surface area contributed by atoms with E-state index < -0.39 is 21.6 Å². The Morgan fingerprint density at radius 3 is 2.52 bits per heavy atom. The fraction of sp³-hybridized carbons (Fsp3) is 0.500. The zero-order valence-corrected chi connectivity index (χ0v) is 12.6. The van der Waals surface area contributed by atoms with Gasteiger partial charge in [0, 0.05) is 6.54 Å². The summed E-state index contributed by atoms with van der Waals surface area (Å²) < 4.78 is 27.1. The molecule has 116 valence electrons. The van der Waals surface area contributed by atoms with Crippen molar-refractivity contribution in [3.05, 3.63) is 29.3 Å². The van der Waals surface area contributed by atoms with Crippen molar-refractivity contribution >= 4 is 16.0 Å². The van der Waals surface area contributed by atoms with Gasteiger partial charge in [-0.05, 0) is 43.4 Å². The number of aliphatic hydroxyl groups is 1. The van der Waals surface area contributed by atoms with Gasteiger partial charge in [-0.1, -0.05) is 13.0 Å². The second-order valence-corrected chi connectivity index (χ2v) is 7.12. The molecule has 0 spiro atoms. The van der Waals surface area contributed by atoms with Crippen LogP contribution in [0.25, 0.3) is 0 Å². The molecule has 0 saturated heterocycles. The Hall–Kier alpha value is -1.44. The molecular formula is C14H19NO5S. The van der Waals surface area contributed by atoms with Crippen LogP contribution in [-0.2, 0) is 16.4 Å². The summed E-state index contributed by atoms with van der Waals surface area (Å²) in [5.74, 6) is -1.17. The zero-order chi connectivity index (χ0) is 15.7. The largest absolute Gasteiger partial charge is 0.478 e. The summed E-state index contributed by atoms with van der Waals surface area (Å²) in [5.41, 5.74) is -0.493. The first-order chi connectivity index (χ1) is 9.77. The molecule has 7 heteroatoms. The Labute approximate surface area is 123 Å². The topological polar surface area (TPSA) is 104 Å². The fourth-order valence-electron chi connectivity index (χ4n) is 2.30. The van der Waals surface area contributed by atoms with Crippen LogP contribution in [0.15, 0.2) is 23.1 Å². The molecule has 0 heterocycles. The number of rotatable bonds is 6. The van der Waals surface area contributed by atoms with E-state index in [9.17, 15) is 18.3 Å². The highest BCUT2D eigenvalue weighted by Crippen LogP contribution is 2.31. The Morgan fingerprint density at radius 1 is 1.38 bits per heavy atom. The average molecular weight is 313 g/mol. The molecule has 0 atom stereocenters. The minimum absolute atomic E-state index is 0.0344. The molecule has 1 aromatic rings. The number of carboxylic acids is 1. The van der Waals surface area contributed by atoms with Gasteiger partial charge >= 0.3 is 5.97 Å². The molecule has 0 aliphatic heterocycles. The molecule has 0 amide bonds. The van der Waals surface area contributed by atoms with Gasteiger partial charge in [-0.3, -0.25) is 0 Å². The second kappa shape index (κ2) is 5.75. The highest BCUT2D eigenvalue weighted by atomic mass is 32.2. The molecule has 0 radical (unpaired) electrons. The van der Waals surface area contributed by atoms with Crippen LogP contribution in [-0.4, -0.2) is 36.7 Å². The number of aryl methyl sites for hydroxylation is 1. The molecule has 21 heavy (non-hydrogen) atoms. The third-order valence-electron chi connectivity index (χ3n) is 3.86. The van der Waals surface area contributed by atoms with Crippen LogP contribution in [0.2, 0.25) is 0 Å². The van der Waals surface area contributed by atoms with E-state index in [1.807, 2.05) is 0 Å². The van der Waals surface area contributed by atoms with Crippen molar-refractivity contribution in [3.63, 3.8) is 0 Å². The number of benzene rings is 1. The molecule has 2 rings (SSSR count). The number of carbonyl (C=O) groups is 1. The van der Waals surface area contributed by atoms with E-state index in [0.29, 0.717) is 24.8 Å². The molecule has 3 N–H and O–H groups in total. The van der Waals surface area contributed by atoms with Crippen LogP contribution in [0.1, 0.15) is 42.1 Å². The predicted molar refractivity (Wildman–Crippen MR) is 76.8 cm³/mol. The maximum absolute atomic E-state index is 12.4. The van der Waals surface area contributed by atoms with Gasteiger partial charge in [0.05, 0.1) is 16.1 Å². The first-order valence-corrected chi connectivity index (χ1v) is 8.34. The molecule has 0 aromatic heterocycles. The normalized spacial score (nSPS) is 17.2. The standard InChI is InChI=1S/C14H19NO5S/c1-2-10-4-5-11(13(16)17)8-12(10)21(19,20)15-9-14(18)6-3-7-14/h4-5,8,15,18H,2-3,6-7,9H2,1H3,(H,16,17). The van der Waals surface area contributed by atoms with E-state index in [1.54, 1.807) is 6.92 Å². The lowest BCUT2D eigenvalue weighted by molar-refractivity contribution is -0.0271. The van der Waals surface area contributed by atoms with E-state index in [0.717, 1.165) is 12.5 Å². The lowest BCUT2D eigenvalue weighted by Crippen LogP contribution is -2.47. The third-order valence-corrected chi connectivity index (χ3v) is 5.34. The highest BCUT2D eigenvalue weighted by Gasteiger charge is 2.35. The van der Waals surface area contributed by atoms with Crippen molar-refractivity contribution in [1.29, 1.82) is 0 Å². The van der Waals surface area contributed by atoms with Gasteiger partial charge in [0.2, 0.25) is 10.0 Å². The minimum atomic E-state index is -3.84. The third kappa shape index (κ3) is 3.42. The molecular weight excluding hydrogens is 294 g/mol. The van der Waals surface area contributed by atoms with Crippen LogP contribution in [0.5, 0.6) is 0 Å². The number of hydrogen-bond donors (Lipinski definition) is 3. The van der Waals surface area contributed by atoms with Gasteiger partial charge in [0.15, 0.2) is 0 Å². The summed E-state index contributed by atoms with van der Waals surface area (Å²) in [7, 11) is -3.84. The highest BCUT2D eigenvalue weighted by molar-refractivity contribution is 7.89. The zero-order valence-electron chi connectivity index (χ0n) is 11.8.